The lowest BCUT2D eigenvalue weighted by molar-refractivity contribution is 0.241. The highest BCUT2D eigenvalue weighted by molar-refractivity contribution is 7.10. The van der Waals surface area contributed by atoms with Gasteiger partial charge >= 0.3 is 0 Å². The minimum absolute atomic E-state index is 0.104. The van der Waals surface area contributed by atoms with E-state index >= 15 is 0 Å². The molecule has 0 saturated heterocycles. The van der Waals surface area contributed by atoms with Gasteiger partial charge in [-0.1, -0.05) is 0 Å². The second-order valence-corrected chi connectivity index (χ2v) is 5.52. The van der Waals surface area contributed by atoms with Crippen molar-refractivity contribution < 1.29 is 9.47 Å². The predicted molar refractivity (Wildman–Crippen MR) is 80.0 cm³/mol. The smallest absolute Gasteiger partial charge is 0.138 e. The summed E-state index contributed by atoms with van der Waals surface area (Å²) in [7, 11) is 1.65. The van der Waals surface area contributed by atoms with E-state index in [4.69, 9.17) is 15.3 Å². The van der Waals surface area contributed by atoms with Gasteiger partial charge in [-0.05, 0) is 36.9 Å². The molecule has 0 radical (unpaired) electrons. The molecule has 1 unspecified atom stereocenters. The van der Waals surface area contributed by atoms with Crippen LogP contribution in [0.5, 0.6) is 11.5 Å². The van der Waals surface area contributed by atoms with Crippen molar-refractivity contribution in [1.29, 1.82) is 0 Å². The zero-order valence-electron chi connectivity index (χ0n) is 11.8. The van der Waals surface area contributed by atoms with Crippen LogP contribution in [-0.2, 0) is 0 Å². The van der Waals surface area contributed by atoms with Gasteiger partial charge in [0.2, 0.25) is 0 Å². The van der Waals surface area contributed by atoms with Crippen LogP contribution < -0.4 is 20.7 Å². The van der Waals surface area contributed by atoms with E-state index in [1.165, 1.54) is 0 Å². The Hall–Kier alpha value is -1.63. The van der Waals surface area contributed by atoms with Crippen molar-refractivity contribution in [3.05, 3.63) is 40.3 Å². The van der Waals surface area contributed by atoms with E-state index in [1.54, 1.807) is 30.8 Å². The molecule has 5 nitrogen and oxygen atoms in total. The molecule has 20 heavy (non-hydrogen) atoms. The van der Waals surface area contributed by atoms with Crippen LogP contribution in [0.1, 0.15) is 30.3 Å². The molecular weight excluding hydrogens is 274 g/mol. The fourth-order valence-electron chi connectivity index (χ4n) is 1.94. The number of hydrogen-bond donors (Lipinski definition) is 2. The zero-order chi connectivity index (χ0) is 14.5. The molecular formula is C14H19N3O2S. The molecule has 0 fully saturated rings. The predicted octanol–water partition coefficient (Wildman–Crippen LogP) is 2.49. The number of aromatic nitrogens is 1. The fourth-order valence-corrected chi connectivity index (χ4v) is 2.89. The molecule has 2 heterocycles. The van der Waals surface area contributed by atoms with Crippen LogP contribution in [0.15, 0.2) is 29.9 Å². The third-order valence-corrected chi connectivity index (χ3v) is 3.71. The highest BCUT2D eigenvalue weighted by Crippen LogP contribution is 2.34. The average Bonchev–Trinajstić information content (AvgIpc) is 2.87. The Labute approximate surface area is 122 Å². The highest BCUT2D eigenvalue weighted by atomic mass is 32.1. The Morgan fingerprint density at radius 1 is 1.35 bits per heavy atom. The molecule has 0 spiro atoms. The van der Waals surface area contributed by atoms with Crippen LogP contribution in [0.2, 0.25) is 0 Å². The summed E-state index contributed by atoms with van der Waals surface area (Å²) in [4.78, 5) is 5.23. The standard InChI is InChI=1S/C14H19N3O2S/c1-9(2)19-11-6-10(7-16-8-11)13(17-15)14-12(18-3)4-5-20-14/h4-9,13,17H,15H2,1-3H3. The maximum atomic E-state index is 5.70. The van der Waals surface area contributed by atoms with Crippen LogP contribution in [0.25, 0.3) is 0 Å². The molecule has 6 heteroatoms. The number of pyridine rings is 1. The Morgan fingerprint density at radius 3 is 2.80 bits per heavy atom. The molecule has 2 aromatic heterocycles. The summed E-state index contributed by atoms with van der Waals surface area (Å²) in [5.41, 5.74) is 3.75. The molecule has 0 saturated carbocycles. The summed E-state index contributed by atoms with van der Waals surface area (Å²) in [5.74, 6) is 7.25. The van der Waals surface area contributed by atoms with Gasteiger partial charge in [-0.2, -0.15) is 0 Å². The first-order valence-electron chi connectivity index (χ1n) is 6.34. The Bertz CT molecular complexity index is 557. The van der Waals surface area contributed by atoms with Crippen molar-refractivity contribution in [3.63, 3.8) is 0 Å². The van der Waals surface area contributed by atoms with Gasteiger partial charge in [-0.15, -0.1) is 11.3 Å². The molecule has 0 aliphatic rings. The lowest BCUT2D eigenvalue weighted by Crippen LogP contribution is -2.28. The van der Waals surface area contributed by atoms with Crippen LogP contribution in [0.3, 0.4) is 0 Å². The largest absolute Gasteiger partial charge is 0.496 e. The van der Waals surface area contributed by atoms with Crippen LogP contribution >= 0.6 is 11.3 Å². The number of rotatable bonds is 6. The van der Waals surface area contributed by atoms with Crippen LogP contribution in [-0.4, -0.2) is 18.2 Å². The Kier molecular flexibility index (Phi) is 4.94. The fraction of sp³-hybridized carbons (Fsp3) is 0.357. The van der Waals surface area contributed by atoms with Crippen molar-refractivity contribution in [1.82, 2.24) is 10.4 Å². The minimum Gasteiger partial charge on any atom is -0.496 e. The van der Waals surface area contributed by atoms with Gasteiger partial charge < -0.3 is 9.47 Å². The third kappa shape index (κ3) is 3.27. The maximum absolute atomic E-state index is 5.70. The zero-order valence-corrected chi connectivity index (χ0v) is 12.6. The maximum Gasteiger partial charge on any atom is 0.138 e. The van der Waals surface area contributed by atoms with Gasteiger partial charge in [0.05, 0.1) is 30.3 Å². The first-order valence-corrected chi connectivity index (χ1v) is 7.22. The molecule has 0 bridgehead atoms. The van der Waals surface area contributed by atoms with E-state index in [0.717, 1.165) is 21.9 Å². The Morgan fingerprint density at radius 2 is 2.15 bits per heavy atom. The molecule has 108 valence electrons. The number of nitrogens with zero attached hydrogens (tertiary/aromatic N) is 1. The third-order valence-electron chi connectivity index (χ3n) is 2.75. The number of thiophene rings is 1. The summed E-state index contributed by atoms with van der Waals surface area (Å²) in [6, 6.07) is 3.69. The Balaban J connectivity index is 2.32. The number of hydrazine groups is 1. The second-order valence-electron chi connectivity index (χ2n) is 4.57. The summed E-state index contributed by atoms with van der Waals surface area (Å²) < 4.78 is 11.0. The van der Waals surface area contributed by atoms with Crippen molar-refractivity contribution >= 4 is 11.3 Å². The van der Waals surface area contributed by atoms with Crippen molar-refractivity contribution in [2.45, 2.75) is 26.0 Å². The molecule has 0 aliphatic heterocycles. The molecule has 0 aliphatic carbocycles. The molecule has 0 amide bonds. The number of nitrogens with two attached hydrogens (primary N) is 1. The number of methoxy groups -OCH3 is 1. The van der Waals surface area contributed by atoms with E-state index in [2.05, 4.69) is 10.4 Å². The summed E-state index contributed by atoms with van der Waals surface area (Å²) in [6.45, 7) is 3.96. The molecule has 2 rings (SSSR count). The summed E-state index contributed by atoms with van der Waals surface area (Å²) in [5, 5.41) is 1.97. The van der Waals surface area contributed by atoms with Gasteiger partial charge in [0.1, 0.15) is 11.5 Å². The quantitative estimate of drug-likeness (QED) is 0.632. The normalized spacial score (nSPS) is 12.4. The number of hydrogen-bond acceptors (Lipinski definition) is 6. The molecule has 3 N–H and O–H groups in total. The van der Waals surface area contributed by atoms with Crippen LogP contribution in [0.4, 0.5) is 0 Å². The average molecular weight is 293 g/mol. The summed E-state index contributed by atoms with van der Waals surface area (Å²) in [6.07, 6.45) is 3.58. The van der Waals surface area contributed by atoms with Crippen molar-refractivity contribution in [2.75, 3.05) is 7.11 Å². The van der Waals surface area contributed by atoms with Crippen LogP contribution in [0, 0.1) is 0 Å². The molecule has 1 atom stereocenters. The molecule has 2 aromatic rings. The minimum atomic E-state index is -0.173. The van der Waals surface area contributed by atoms with E-state index < -0.39 is 0 Å². The second kappa shape index (κ2) is 6.69. The van der Waals surface area contributed by atoms with Crippen molar-refractivity contribution in [3.8, 4) is 11.5 Å². The number of nitrogens with one attached hydrogen (secondary N) is 1. The lowest BCUT2D eigenvalue weighted by atomic mass is 10.1. The van der Waals surface area contributed by atoms with Gasteiger partial charge in [0.15, 0.2) is 0 Å². The van der Waals surface area contributed by atoms with Gasteiger partial charge in [-0.25, -0.2) is 5.43 Å². The monoisotopic (exact) mass is 293 g/mol. The van der Waals surface area contributed by atoms with E-state index in [9.17, 15) is 0 Å². The van der Waals surface area contributed by atoms with E-state index in [-0.39, 0.29) is 12.1 Å². The highest BCUT2D eigenvalue weighted by Gasteiger charge is 2.19. The summed E-state index contributed by atoms with van der Waals surface area (Å²) >= 11 is 1.59. The number of ether oxygens (including phenoxy) is 2. The SMILES string of the molecule is COc1ccsc1C(NN)c1cncc(OC(C)C)c1. The first kappa shape index (κ1) is 14.8. The van der Waals surface area contributed by atoms with Gasteiger partial charge in [-0.3, -0.25) is 10.8 Å². The van der Waals surface area contributed by atoms with E-state index in [0.29, 0.717) is 0 Å². The van der Waals surface area contributed by atoms with Gasteiger partial charge in [0.25, 0.3) is 0 Å². The van der Waals surface area contributed by atoms with Crippen molar-refractivity contribution in [2.24, 2.45) is 5.84 Å². The lowest BCUT2D eigenvalue weighted by Gasteiger charge is -2.17. The van der Waals surface area contributed by atoms with E-state index in [1.807, 2.05) is 31.4 Å². The van der Waals surface area contributed by atoms with Gasteiger partial charge in [0, 0.05) is 6.20 Å². The first-order chi connectivity index (χ1) is 9.65. The molecule has 0 aromatic carbocycles. The topological polar surface area (TPSA) is 69.4 Å².